The van der Waals surface area contributed by atoms with Crippen molar-refractivity contribution in [1.82, 2.24) is 4.90 Å². The van der Waals surface area contributed by atoms with Gasteiger partial charge in [-0.1, -0.05) is 0 Å². The number of carboxylic acids is 2. The van der Waals surface area contributed by atoms with Gasteiger partial charge in [0.15, 0.2) is 0 Å². The second-order valence-corrected chi connectivity index (χ2v) is 3.30. The van der Waals surface area contributed by atoms with E-state index in [0.29, 0.717) is 0 Å². The highest BCUT2D eigenvalue weighted by Gasteiger charge is 2.12. The molecule has 0 aliphatic rings. The second kappa shape index (κ2) is 7.42. The summed E-state index contributed by atoms with van der Waals surface area (Å²) in [4.78, 5) is 22.2. The van der Waals surface area contributed by atoms with Crippen molar-refractivity contribution in [3.05, 3.63) is 23.7 Å². The van der Waals surface area contributed by atoms with Crippen molar-refractivity contribution in [2.24, 2.45) is 0 Å². The lowest BCUT2D eigenvalue weighted by Crippen LogP contribution is -2.15. The predicted molar refractivity (Wildman–Crippen MR) is 58.3 cm³/mol. The van der Waals surface area contributed by atoms with E-state index in [4.69, 9.17) is 15.3 Å². The normalized spacial score (nSPS) is 9.65. The van der Waals surface area contributed by atoms with E-state index in [1.807, 2.05) is 19.0 Å². The lowest BCUT2D eigenvalue weighted by atomic mass is 10.4. The number of carboxylic acid groups (broad SMARTS) is 2. The quantitative estimate of drug-likeness (QED) is 0.695. The minimum absolute atomic E-state index is 0.257. The van der Waals surface area contributed by atoms with Gasteiger partial charge in [-0.05, 0) is 26.2 Å². The molecule has 3 N–H and O–H groups in total. The number of aromatic carboxylic acids is 2. The highest BCUT2D eigenvalue weighted by Crippen LogP contribution is 2.06. The van der Waals surface area contributed by atoms with Gasteiger partial charge in [-0.15, -0.1) is 0 Å². The number of hydrogen-bond donors (Lipinski definition) is 3. The Balaban J connectivity index is 0.000000366. The molecule has 0 saturated carbocycles. The molecule has 0 saturated heterocycles. The molecule has 0 radical (unpaired) electrons. The summed E-state index contributed by atoms with van der Waals surface area (Å²) < 4.78 is 4.41. The maximum atomic E-state index is 10.2. The molecule has 0 spiro atoms. The van der Waals surface area contributed by atoms with Crippen LogP contribution in [-0.2, 0) is 0 Å². The Morgan fingerprint density at radius 1 is 1.18 bits per heavy atom. The number of carbonyl (C=O) groups is 2. The van der Waals surface area contributed by atoms with Crippen molar-refractivity contribution in [3.63, 3.8) is 0 Å². The summed E-state index contributed by atoms with van der Waals surface area (Å²) in [6, 6.07) is 2.18. The highest BCUT2D eigenvalue weighted by atomic mass is 16.4. The molecule has 7 heteroatoms. The topological polar surface area (TPSA) is 111 Å². The van der Waals surface area contributed by atoms with Crippen LogP contribution in [0.15, 0.2) is 16.5 Å². The zero-order valence-electron chi connectivity index (χ0n) is 9.58. The van der Waals surface area contributed by atoms with Crippen LogP contribution in [0.4, 0.5) is 0 Å². The number of furan rings is 1. The Bertz CT molecular complexity index is 342. The SMILES string of the molecule is CN(C)CCO.O=C(O)c1ccc(C(=O)O)o1. The zero-order chi connectivity index (χ0) is 13.4. The lowest BCUT2D eigenvalue weighted by molar-refractivity contribution is 0.0631. The number of aliphatic hydroxyl groups excluding tert-OH is 1. The Hall–Kier alpha value is -1.86. The molecule has 0 bridgehead atoms. The summed E-state index contributed by atoms with van der Waals surface area (Å²) in [7, 11) is 3.85. The maximum absolute atomic E-state index is 10.2. The minimum atomic E-state index is -1.28. The second-order valence-electron chi connectivity index (χ2n) is 3.30. The van der Waals surface area contributed by atoms with Crippen LogP contribution in [0.5, 0.6) is 0 Å². The number of likely N-dealkylation sites (N-methyl/N-ethyl adjacent to an activating group) is 1. The van der Waals surface area contributed by atoms with Gasteiger partial charge in [0.25, 0.3) is 0 Å². The van der Waals surface area contributed by atoms with E-state index in [9.17, 15) is 9.59 Å². The van der Waals surface area contributed by atoms with Gasteiger partial charge in [0.05, 0.1) is 6.61 Å². The van der Waals surface area contributed by atoms with Crippen molar-refractivity contribution >= 4 is 11.9 Å². The van der Waals surface area contributed by atoms with Crippen LogP contribution in [0.3, 0.4) is 0 Å². The van der Waals surface area contributed by atoms with E-state index in [0.717, 1.165) is 18.7 Å². The molecule has 0 aromatic carbocycles. The summed E-state index contributed by atoms with van der Waals surface area (Å²) in [5.74, 6) is -3.31. The smallest absolute Gasteiger partial charge is 0.371 e. The molecule has 1 aromatic heterocycles. The van der Waals surface area contributed by atoms with Crippen molar-refractivity contribution in [1.29, 1.82) is 0 Å². The average Bonchev–Trinajstić information content (AvgIpc) is 2.66. The monoisotopic (exact) mass is 245 g/mol. The van der Waals surface area contributed by atoms with Gasteiger partial charge in [0, 0.05) is 6.54 Å². The van der Waals surface area contributed by atoms with Crippen LogP contribution >= 0.6 is 0 Å². The summed E-state index contributed by atoms with van der Waals surface area (Å²) in [6.07, 6.45) is 0. The highest BCUT2D eigenvalue weighted by molar-refractivity contribution is 5.88. The minimum Gasteiger partial charge on any atom is -0.475 e. The first-order valence-electron chi connectivity index (χ1n) is 4.70. The van der Waals surface area contributed by atoms with Crippen LogP contribution in [0.1, 0.15) is 21.1 Å². The van der Waals surface area contributed by atoms with E-state index in [2.05, 4.69) is 4.42 Å². The summed E-state index contributed by atoms with van der Waals surface area (Å²) in [5, 5.41) is 24.8. The van der Waals surface area contributed by atoms with Crippen LogP contribution in [0.25, 0.3) is 0 Å². The fourth-order valence-corrected chi connectivity index (χ4v) is 0.768. The molecule has 0 fully saturated rings. The van der Waals surface area contributed by atoms with E-state index in [-0.39, 0.29) is 18.1 Å². The number of nitrogens with zero attached hydrogens (tertiary/aromatic N) is 1. The first kappa shape index (κ1) is 15.1. The first-order chi connectivity index (χ1) is 7.88. The van der Waals surface area contributed by atoms with Gasteiger partial charge >= 0.3 is 11.9 Å². The van der Waals surface area contributed by atoms with Gasteiger partial charge in [-0.25, -0.2) is 9.59 Å². The molecule has 1 heterocycles. The molecule has 0 amide bonds. The summed E-state index contributed by atoms with van der Waals surface area (Å²) >= 11 is 0. The molecule has 17 heavy (non-hydrogen) atoms. The Morgan fingerprint density at radius 2 is 1.59 bits per heavy atom. The zero-order valence-corrected chi connectivity index (χ0v) is 9.58. The lowest BCUT2D eigenvalue weighted by Gasteiger charge is -2.03. The molecule has 7 nitrogen and oxygen atoms in total. The fraction of sp³-hybridized carbons (Fsp3) is 0.400. The fourth-order valence-electron chi connectivity index (χ4n) is 0.768. The van der Waals surface area contributed by atoms with Crippen molar-refractivity contribution in [2.45, 2.75) is 0 Å². The van der Waals surface area contributed by atoms with Gasteiger partial charge in [-0.3, -0.25) is 0 Å². The van der Waals surface area contributed by atoms with Crippen LogP contribution < -0.4 is 0 Å². The summed E-state index contributed by atoms with van der Waals surface area (Å²) in [6.45, 7) is 1.02. The van der Waals surface area contributed by atoms with Crippen LogP contribution in [0, 0.1) is 0 Å². The molecule has 0 aliphatic heterocycles. The Kier molecular flexibility index (Phi) is 6.61. The maximum Gasteiger partial charge on any atom is 0.371 e. The van der Waals surface area contributed by atoms with Crippen molar-refractivity contribution in [2.75, 3.05) is 27.2 Å². The number of aliphatic hydroxyl groups is 1. The molecule has 0 aliphatic carbocycles. The Morgan fingerprint density at radius 3 is 1.71 bits per heavy atom. The Labute approximate surface area is 97.9 Å². The van der Waals surface area contributed by atoms with Crippen molar-refractivity contribution in [3.8, 4) is 0 Å². The van der Waals surface area contributed by atoms with Crippen LogP contribution in [-0.4, -0.2) is 59.4 Å². The molecule has 1 rings (SSSR count). The van der Waals surface area contributed by atoms with E-state index < -0.39 is 11.9 Å². The van der Waals surface area contributed by atoms with Crippen LogP contribution in [0.2, 0.25) is 0 Å². The van der Waals surface area contributed by atoms with E-state index in [1.165, 1.54) is 0 Å². The van der Waals surface area contributed by atoms with Gasteiger partial charge < -0.3 is 24.6 Å². The number of hydrogen-bond acceptors (Lipinski definition) is 5. The molecule has 0 atom stereocenters. The van der Waals surface area contributed by atoms with Gasteiger partial charge in [0.1, 0.15) is 0 Å². The van der Waals surface area contributed by atoms with Gasteiger partial charge in [-0.2, -0.15) is 0 Å². The molecular weight excluding hydrogens is 230 g/mol. The molecule has 0 unspecified atom stereocenters. The molecular formula is C10H15NO6. The predicted octanol–water partition coefficient (Wildman–Crippen LogP) is 0.216. The van der Waals surface area contributed by atoms with Gasteiger partial charge in [0.2, 0.25) is 11.5 Å². The summed E-state index contributed by atoms with van der Waals surface area (Å²) in [5.41, 5.74) is 0. The van der Waals surface area contributed by atoms with Crippen molar-refractivity contribution < 1.29 is 29.3 Å². The largest absolute Gasteiger partial charge is 0.475 e. The molecule has 1 aromatic rings. The third-order valence-electron chi connectivity index (χ3n) is 1.57. The third kappa shape index (κ3) is 6.33. The number of rotatable bonds is 4. The first-order valence-corrected chi connectivity index (χ1v) is 4.70. The average molecular weight is 245 g/mol. The standard InChI is InChI=1S/C6H4O5.C4H11NO/c7-5(8)3-1-2-4(11-3)6(9)10;1-5(2)3-4-6/h1-2H,(H,7,8)(H,9,10);6H,3-4H2,1-2H3. The van der Waals surface area contributed by atoms with E-state index >= 15 is 0 Å². The molecule has 96 valence electrons. The van der Waals surface area contributed by atoms with E-state index in [1.54, 1.807) is 0 Å². The third-order valence-corrected chi connectivity index (χ3v) is 1.57.